The molecule has 0 radical (unpaired) electrons. The van der Waals surface area contributed by atoms with Gasteiger partial charge in [-0.3, -0.25) is 14.4 Å². The molecular weight excluding hydrogens is 428 g/mol. The number of allylic oxidation sites excluding steroid dienone is 2. The number of nitrogens with one attached hydrogen (secondary N) is 1. The van der Waals surface area contributed by atoms with E-state index in [0.717, 1.165) is 16.7 Å². The molecule has 0 aliphatic heterocycles. The molecule has 0 saturated carbocycles. The molecule has 0 aliphatic rings. The van der Waals surface area contributed by atoms with E-state index >= 15 is 0 Å². The second-order valence-corrected chi connectivity index (χ2v) is 7.78. The van der Waals surface area contributed by atoms with Crippen molar-refractivity contribution < 1.29 is 19.5 Å². The summed E-state index contributed by atoms with van der Waals surface area (Å²) in [6, 6.07) is 22.3. The zero-order valence-electron chi connectivity index (χ0n) is 18.6. The first-order chi connectivity index (χ1) is 16.4. The van der Waals surface area contributed by atoms with Crippen LogP contribution >= 0.6 is 0 Å². The van der Waals surface area contributed by atoms with Crippen LogP contribution in [0.25, 0.3) is 12.2 Å². The molecule has 1 amide bonds. The number of aromatic hydroxyl groups is 1. The minimum absolute atomic E-state index is 0.144. The van der Waals surface area contributed by atoms with Gasteiger partial charge in [0.1, 0.15) is 5.75 Å². The Balaban J connectivity index is 1.47. The summed E-state index contributed by atoms with van der Waals surface area (Å²) >= 11 is 0. The minimum atomic E-state index is -0.666. The molecule has 0 saturated heterocycles. The first-order valence-electron chi connectivity index (χ1n) is 10.8. The van der Waals surface area contributed by atoms with Gasteiger partial charge in [0.2, 0.25) is 5.91 Å². The fourth-order valence-corrected chi connectivity index (χ4v) is 3.13. The molecule has 0 fully saturated rings. The number of nitrogens with two attached hydrogens (primary N) is 1. The zero-order valence-corrected chi connectivity index (χ0v) is 18.6. The second kappa shape index (κ2) is 12.1. The fraction of sp³-hybridized carbons (Fsp3) is 0.107. The van der Waals surface area contributed by atoms with Gasteiger partial charge >= 0.3 is 0 Å². The molecule has 0 aliphatic carbocycles. The Bertz CT molecular complexity index is 1180. The average Bonchev–Trinajstić information content (AvgIpc) is 2.84. The summed E-state index contributed by atoms with van der Waals surface area (Å²) in [6.45, 7) is 0. The van der Waals surface area contributed by atoms with Crippen molar-refractivity contribution >= 4 is 35.3 Å². The number of benzene rings is 3. The summed E-state index contributed by atoms with van der Waals surface area (Å²) in [5.41, 5.74) is 9.11. The number of carbonyl (C=O) groups is 3. The van der Waals surface area contributed by atoms with Crippen molar-refractivity contribution in [3.05, 3.63) is 108 Å². The Morgan fingerprint density at radius 2 is 1.32 bits per heavy atom. The summed E-state index contributed by atoms with van der Waals surface area (Å²) in [4.78, 5) is 36.4. The third-order valence-electron chi connectivity index (χ3n) is 4.98. The molecule has 4 N–H and O–H groups in total. The predicted molar refractivity (Wildman–Crippen MR) is 134 cm³/mol. The third-order valence-corrected chi connectivity index (χ3v) is 4.98. The van der Waals surface area contributed by atoms with Crippen molar-refractivity contribution in [2.75, 3.05) is 5.32 Å². The molecule has 3 rings (SSSR count). The fourth-order valence-electron chi connectivity index (χ4n) is 3.13. The molecule has 1 atom stereocenters. The quantitative estimate of drug-likeness (QED) is 0.315. The van der Waals surface area contributed by atoms with Crippen molar-refractivity contribution in [1.29, 1.82) is 0 Å². The number of carbonyl (C=O) groups excluding carboxylic acids is 3. The lowest BCUT2D eigenvalue weighted by molar-refractivity contribution is -0.122. The standard InChI is InChI=1S/C28H26N2O4/c29-27(18-22-4-2-1-3-5-22)28(34)30-23-12-6-20(7-13-23)10-16-25(32)19-26(33)17-11-21-8-14-24(31)15-9-21/h1-17,27,31H,18-19,29H2,(H,30,34). The van der Waals surface area contributed by atoms with E-state index in [1.165, 1.54) is 24.3 Å². The second-order valence-electron chi connectivity index (χ2n) is 7.78. The van der Waals surface area contributed by atoms with Gasteiger partial charge in [-0.05, 0) is 59.5 Å². The van der Waals surface area contributed by atoms with E-state index in [1.807, 2.05) is 30.3 Å². The van der Waals surface area contributed by atoms with Gasteiger partial charge in [-0.15, -0.1) is 0 Å². The Morgan fingerprint density at radius 3 is 1.88 bits per heavy atom. The van der Waals surface area contributed by atoms with Crippen LogP contribution in [0.5, 0.6) is 5.75 Å². The van der Waals surface area contributed by atoms with Crippen LogP contribution in [0.3, 0.4) is 0 Å². The van der Waals surface area contributed by atoms with E-state index in [-0.39, 0.29) is 29.6 Å². The average molecular weight is 455 g/mol. The maximum absolute atomic E-state index is 12.3. The molecule has 6 nitrogen and oxygen atoms in total. The highest BCUT2D eigenvalue weighted by Crippen LogP contribution is 2.13. The maximum Gasteiger partial charge on any atom is 0.241 e. The lowest BCUT2D eigenvalue weighted by Crippen LogP contribution is -2.37. The van der Waals surface area contributed by atoms with Gasteiger partial charge < -0.3 is 16.2 Å². The van der Waals surface area contributed by atoms with E-state index in [1.54, 1.807) is 48.6 Å². The number of amides is 1. The van der Waals surface area contributed by atoms with Crippen molar-refractivity contribution in [1.82, 2.24) is 0 Å². The number of hydrogen-bond donors (Lipinski definition) is 3. The molecule has 0 spiro atoms. The van der Waals surface area contributed by atoms with Crippen LogP contribution in [0.15, 0.2) is 91.0 Å². The normalized spacial score (nSPS) is 12.0. The SMILES string of the molecule is NC(Cc1ccccc1)C(=O)Nc1ccc(C=CC(=O)CC(=O)C=Cc2ccc(O)cc2)cc1. The molecule has 34 heavy (non-hydrogen) atoms. The largest absolute Gasteiger partial charge is 0.508 e. The number of anilines is 1. The highest BCUT2D eigenvalue weighted by molar-refractivity contribution is 6.10. The lowest BCUT2D eigenvalue weighted by Gasteiger charge is -2.12. The van der Waals surface area contributed by atoms with Gasteiger partial charge in [-0.25, -0.2) is 0 Å². The summed E-state index contributed by atoms with van der Waals surface area (Å²) in [6.07, 6.45) is 6.12. The number of phenolic OH excluding ortho intramolecular Hbond substituents is 1. The summed E-state index contributed by atoms with van der Waals surface area (Å²) in [7, 11) is 0. The van der Waals surface area contributed by atoms with Gasteiger partial charge in [-0.1, -0.05) is 66.7 Å². The Morgan fingerprint density at radius 1 is 0.794 bits per heavy atom. The first-order valence-corrected chi connectivity index (χ1v) is 10.8. The van der Waals surface area contributed by atoms with Crippen molar-refractivity contribution in [3.8, 4) is 5.75 Å². The van der Waals surface area contributed by atoms with Gasteiger partial charge in [-0.2, -0.15) is 0 Å². The number of ketones is 2. The molecular formula is C28H26N2O4. The monoisotopic (exact) mass is 454 g/mol. The highest BCUT2D eigenvalue weighted by Gasteiger charge is 2.14. The summed E-state index contributed by atoms with van der Waals surface area (Å²) in [5, 5.41) is 12.1. The van der Waals surface area contributed by atoms with E-state index < -0.39 is 6.04 Å². The topological polar surface area (TPSA) is 109 Å². The van der Waals surface area contributed by atoms with E-state index in [2.05, 4.69) is 5.32 Å². The number of hydrogen-bond acceptors (Lipinski definition) is 5. The van der Waals surface area contributed by atoms with Crippen molar-refractivity contribution in [2.45, 2.75) is 18.9 Å². The maximum atomic E-state index is 12.3. The highest BCUT2D eigenvalue weighted by atomic mass is 16.3. The molecule has 0 aromatic heterocycles. The van der Waals surface area contributed by atoms with E-state index in [4.69, 9.17) is 5.73 Å². The van der Waals surface area contributed by atoms with E-state index in [0.29, 0.717) is 12.1 Å². The van der Waals surface area contributed by atoms with Crippen LogP contribution < -0.4 is 11.1 Å². The molecule has 0 heterocycles. The third kappa shape index (κ3) is 8.00. The summed E-state index contributed by atoms with van der Waals surface area (Å²) in [5.74, 6) is -0.760. The molecule has 172 valence electrons. The van der Waals surface area contributed by atoms with Gasteiger partial charge in [0.15, 0.2) is 11.6 Å². The first kappa shape index (κ1) is 24.4. The smallest absolute Gasteiger partial charge is 0.241 e. The van der Waals surface area contributed by atoms with E-state index in [9.17, 15) is 19.5 Å². The van der Waals surface area contributed by atoms with Crippen molar-refractivity contribution in [2.24, 2.45) is 5.73 Å². The van der Waals surface area contributed by atoms with Crippen LogP contribution in [-0.2, 0) is 20.8 Å². The van der Waals surface area contributed by atoms with Gasteiger partial charge in [0, 0.05) is 5.69 Å². The van der Waals surface area contributed by atoms with Crippen LogP contribution in [0.1, 0.15) is 23.1 Å². The Labute approximate surface area is 198 Å². The molecule has 3 aromatic carbocycles. The lowest BCUT2D eigenvalue weighted by atomic mass is 10.1. The zero-order chi connectivity index (χ0) is 24.3. The van der Waals surface area contributed by atoms with Crippen LogP contribution in [0.2, 0.25) is 0 Å². The number of phenols is 1. The van der Waals surface area contributed by atoms with Gasteiger partial charge in [0.05, 0.1) is 12.5 Å². The number of rotatable bonds is 10. The molecule has 1 unspecified atom stereocenters. The van der Waals surface area contributed by atoms with Gasteiger partial charge in [0.25, 0.3) is 0 Å². The minimum Gasteiger partial charge on any atom is -0.508 e. The molecule has 6 heteroatoms. The summed E-state index contributed by atoms with van der Waals surface area (Å²) < 4.78 is 0. The molecule has 3 aromatic rings. The molecule has 0 bridgehead atoms. The van der Waals surface area contributed by atoms with Crippen molar-refractivity contribution in [3.63, 3.8) is 0 Å². The Hall–Kier alpha value is -4.29. The van der Waals surface area contributed by atoms with Crippen LogP contribution in [0, 0.1) is 0 Å². The van der Waals surface area contributed by atoms with Crippen LogP contribution in [-0.4, -0.2) is 28.6 Å². The Kier molecular flexibility index (Phi) is 8.66. The van der Waals surface area contributed by atoms with Crippen LogP contribution in [0.4, 0.5) is 5.69 Å². The predicted octanol–water partition coefficient (Wildman–Crippen LogP) is 4.16.